The number of nitrogens with zero attached hydrogens (tertiary/aromatic N) is 1. The van der Waals surface area contributed by atoms with Gasteiger partial charge >= 0.3 is 5.97 Å². The van der Waals surface area contributed by atoms with Crippen molar-refractivity contribution in [2.75, 3.05) is 7.11 Å². The zero-order valence-corrected chi connectivity index (χ0v) is 16.8. The number of hydrazone groups is 1. The molecule has 0 saturated heterocycles. The molecule has 0 aromatic heterocycles. The number of rotatable bonds is 6. The zero-order chi connectivity index (χ0) is 20.9. The lowest BCUT2D eigenvalue weighted by atomic mass is 10.0. The van der Waals surface area contributed by atoms with Gasteiger partial charge in [0.05, 0.1) is 23.3 Å². The molecule has 3 rings (SSSR count). The molecule has 0 bridgehead atoms. The minimum absolute atomic E-state index is 0.125. The van der Waals surface area contributed by atoms with Crippen LogP contribution in [0.5, 0.6) is 0 Å². The fraction of sp³-hybridized carbons (Fsp3) is 0.0909. The van der Waals surface area contributed by atoms with E-state index in [4.69, 9.17) is 4.74 Å². The van der Waals surface area contributed by atoms with Crippen molar-refractivity contribution in [1.82, 2.24) is 4.83 Å². The first-order valence-electron chi connectivity index (χ1n) is 8.81. The van der Waals surface area contributed by atoms with Crippen LogP contribution in [0.1, 0.15) is 27.0 Å². The van der Waals surface area contributed by atoms with E-state index in [2.05, 4.69) is 9.93 Å². The predicted molar refractivity (Wildman–Crippen MR) is 111 cm³/mol. The van der Waals surface area contributed by atoms with Gasteiger partial charge in [-0.1, -0.05) is 60.2 Å². The first-order valence-corrected chi connectivity index (χ1v) is 10.3. The third kappa shape index (κ3) is 4.89. The summed E-state index contributed by atoms with van der Waals surface area (Å²) in [6.45, 7) is 1.88. The highest BCUT2D eigenvalue weighted by atomic mass is 32.2. The number of esters is 1. The second-order valence-electron chi connectivity index (χ2n) is 6.30. The van der Waals surface area contributed by atoms with Crippen LogP contribution in [-0.2, 0) is 14.8 Å². The summed E-state index contributed by atoms with van der Waals surface area (Å²) in [5, 5.41) is 4.19. The topological polar surface area (TPSA) is 84.8 Å². The Morgan fingerprint density at radius 3 is 1.97 bits per heavy atom. The van der Waals surface area contributed by atoms with E-state index in [0.717, 1.165) is 11.1 Å². The van der Waals surface area contributed by atoms with E-state index in [9.17, 15) is 13.2 Å². The lowest BCUT2D eigenvalue weighted by Crippen LogP contribution is -2.21. The maximum absolute atomic E-state index is 12.6. The monoisotopic (exact) mass is 408 g/mol. The number of nitrogens with one attached hydrogen (secondary N) is 1. The second-order valence-corrected chi connectivity index (χ2v) is 7.96. The summed E-state index contributed by atoms with van der Waals surface area (Å²) in [7, 11) is -2.51. The average Bonchev–Trinajstić information content (AvgIpc) is 2.75. The van der Waals surface area contributed by atoms with Gasteiger partial charge in [0.1, 0.15) is 0 Å². The van der Waals surface area contributed by atoms with Crippen molar-refractivity contribution < 1.29 is 17.9 Å². The van der Waals surface area contributed by atoms with Gasteiger partial charge < -0.3 is 4.74 Å². The summed E-state index contributed by atoms with van der Waals surface area (Å²) in [5.41, 5.74) is 3.16. The molecule has 0 fully saturated rings. The van der Waals surface area contributed by atoms with E-state index in [1.807, 2.05) is 37.3 Å². The van der Waals surface area contributed by atoms with E-state index < -0.39 is 16.0 Å². The van der Waals surface area contributed by atoms with Crippen LogP contribution in [-0.4, -0.2) is 27.2 Å². The maximum Gasteiger partial charge on any atom is 0.337 e. The molecule has 0 heterocycles. The first-order chi connectivity index (χ1) is 13.9. The normalized spacial score (nSPS) is 11.7. The Bertz CT molecular complexity index is 1120. The number of hydrogen-bond acceptors (Lipinski definition) is 5. The smallest absolute Gasteiger partial charge is 0.337 e. The van der Waals surface area contributed by atoms with Gasteiger partial charge in [0.2, 0.25) is 0 Å². The molecule has 0 aliphatic heterocycles. The Morgan fingerprint density at radius 2 is 1.38 bits per heavy atom. The van der Waals surface area contributed by atoms with Crippen LogP contribution < -0.4 is 4.83 Å². The van der Waals surface area contributed by atoms with Gasteiger partial charge in [0.25, 0.3) is 10.0 Å². The zero-order valence-electron chi connectivity index (χ0n) is 16.0. The number of methoxy groups -OCH3 is 1. The van der Waals surface area contributed by atoms with Crippen molar-refractivity contribution in [3.63, 3.8) is 0 Å². The van der Waals surface area contributed by atoms with Crippen LogP contribution >= 0.6 is 0 Å². The number of hydrogen-bond donors (Lipinski definition) is 1. The molecule has 0 spiro atoms. The molecule has 0 aliphatic carbocycles. The van der Waals surface area contributed by atoms with Gasteiger partial charge in [0.15, 0.2) is 0 Å². The molecular weight excluding hydrogens is 388 g/mol. The van der Waals surface area contributed by atoms with E-state index in [-0.39, 0.29) is 4.90 Å². The Morgan fingerprint density at radius 1 is 0.828 bits per heavy atom. The highest BCUT2D eigenvalue weighted by Gasteiger charge is 2.15. The van der Waals surface area contributed by atoms with Gasteiger partial charge in [-0.15, -0.1) is 0 Å². The molecule has 0 radical (unpaired) electrons. The lowest BCUT2D eigenvalue weighted by molar-refractivity contribution is 0.0600. The third-order valence-corrected chi connectivity index (χ3v) is 5.46. The van der Waals surface area contributed by atoms with E-state index in [1.54, 1.807) is 36.4 Å². The molecule has 0 saturated carbocycles. The summed E-state index contributed by atoms with van der Waals surface area (Å²) >= 11 is 0. The molecule has 0 atom stereocenters. The van der Waals surface area contributed by atoms with E-state index in [0.29, 0.717) is 16.8 Å². The second kappa shape index (κ2) is 8.70. The van der Waals surface area contributed by atoms with Crippen LogP contribution in [0.2, 0.25) is 0 Å². The molecular formula is C22H20N2O4S. The Kier molecular flexibility index (Phi) is 6.09. The van der Waals surface area contributed by atoms with Crippen LogP contribution in [0.25, 0.3) is 0 Å². The molecule has 148 valence electrons. The van der Waals surface area contributed by atoms with Crippen LogP contribution in [0.15, 0.2) is 88.9 Å². The van der Waals surface area contributed by atoms with Gasteiger partial charge in [0, 0.05) is 11.1 Å². The summed E-state index contributed by atoms with van der Waals surface area (Å²) in [5.74, 6) is -0.449. The molecule has 3 aromatic rings. The predicted octanol–water partition coefficient (Wildman–Crippen LogP) is 3.51. The first kappa shape index (κ1) is 20.3. The quantitative estimate of drug-likeness (QED) is 0.384. The van der Waals surface area contributed by atoms with Crippen molar-refractivity contribution >= 4 is 21.7 Å². The van der Waals surface area contributed by atoms with Crippen molar-refractivity contribution in [2.45, 2.75) is 11.8 Å². The Balaban J connectivity index is 1.98. The van der Waals surface area contributed by atoms with Gasteiger partial charge in [-0.05, 0) is 31.2 Å². The largest absolute Gasteiger partial charge is 0.465 e. The van der Waals surface area contributed by atoms with Crippen LogP contribution in [0, 0.1) is 6.92 Å². The van der Waals surface area contributed by atoms with Crippen molar-refractivity contribution in [2.24, 2.45) is 5.10 Å². The highest BCUT2D eigenvalue weighted by Crippen LogP contribution is 2.14. The number of aryl methyl sites for hydroxylation is 1. The third-order valence-electron chi connectivity index (χ3n) is 4.24. The van der Waals surface area contributed by atoms with Crippen LogP contribution in [0.4, 0.5) is 0 Å². The summed E-state index contributed by atoms with van der Waals surface area (Å²) < 4.78 is 29.9. The number of ether oxygens (including phenoxy) is 1. The lowest BCUT2D eigenvalue weighted by Gasteiger charge is -2.10. The molecule has 6 nitrogen and oxygen atoms in total. The molecule has 7 heteroatoms. The number of benzene rings is 3. The fourth-order valence-corrected chi connectivity index (χ4v) is 3.46. The van der Waals surface area contributed by atoms with Gasteiger partial charge in [-0.25, -0.2) is 4.79 Å². The Hall–Kier alpha value is -3.45. The van der Waals surface area contributed by atoms with Crippen LogP contribution in [0.3, 0.4) is 0 Å². The Labute approximate surface area is 169 Å². The number of sulfonamides is 1. The average molecular weight is 408 g/mol. The minimum Gasteiger partial charge on any atom is -0.465 e. The van der Waals surface area contributed by atoms with E-state index >= 15 is 0 Å². The van der Waals surface area contributed by atoms with Crippen molar-refractivity contribution in [3.8, 4) is 0 Å². The molecule has 0 aliphatic rings. The molecule has 29 heavy (non-hydrogen) atoms. The fourth-order valence-electron chi connectivity index (χ4n) is 2.65. The van der Waals surface area contributed by atoms with Crippen molar-refractivity contribution in [3.05, 3.63) is 101 Å². The number of carbonyl (C=O) groups is 1. The van der Waals surface area contributed by atoms with Gasteiger partial charge in [-0.2, -0.15) is 18.4 Å². The van der Waals surface area contributed by atoms with Crippen molar-refractivity contribution in [1.29, 1.82) is 0 Å². The summed E-state index contributed by atoms with van der Waals surface area (Å²) in [6, 6.07) is 22.3. The standard InChI is InChI=1S/C22H20N2O4S/c1-16-8-14-20(15-9-16)29(26,27)24-23-21(17-6-4-3-5-7-17)18-10-12-19(13-11-18)22(25)28-2/h3-15,24H,1-2H3/b23-21-. The molecule has 0 unspecified atom stereocenters. The summed E-state index contributed by atoms with van der Waals surface area (Å²) in [6.07, 6.45) is 0. The minimum atomic E-state index is -3.83. The van der Waals surface area contributed by atoms with E-state index in [1.165, 1.54) is 19.2 Å². The van der Waals surface area contributed by atoms with Gasteiger partial charge in [-0.3, -0.25) is 0 Å². The number of carbonyl (C=O) groups excluding carboxylic acids is 1. The highest BCUT2D eigenvalue weighted by molar-refractivity contribution is 7.89. The maximum atomic E-state index is 12.6. The summed E-state index contributed by atoms with van der Waals surface area (Å²) in [4.78, 5) is 14.1. The SMILES string of the molecule is COC(=O)c1ccc(/C(=N\NS(=O)(=O)c2ccc(C)cc2)c2ccccc2)cc1. The molecule has 0 amide bonds. The molecule has 1 N–H and O–H groups in total. The molecule has 3 aromatic carbocycles.